The third-order valence-corrected chi connectivity index (χ3v) is 7.31. The van der Waals surface area contributed by atoms with Gasteiger partial charge in [-0.05, 0) is 72.8 Å². The largest absolute Gasteiger partial charge is 0.399 e. The van der Waals surface area contributed by atoms with E-state index in [1.54, 1.807) is 5.56 Å². The second-order valence-electron chi connectivity index (χ2n) is 9.60. The monoisotopic (exact) mass is 405 g/mol. The summed E-state index contributed by atoms with van der Waals surface area (Å²) in [5.41, 5.74) is 11.2. The van der Waals surface area contributed by atoms with Crippen molar-refractivity contribution in [1.29, 1.82) is 0 Å². The van der Waals surface area contributed by atoms with Crippen LogP contribution in [0.15, 0.2) is 48.5 Å². The smallest absolute Gasteiger partial charge is 0.0314 e. The summed E-state index contributed by atoms with van der Waals surface area (Å²) in [5.74, 6) is 2.25. The van der Waals surface area contributed by atoms with Gasteiger partial charge in [0.15, 0.2) is 0 Å². The maximum absolute atomic E-state index is 5.94. The van der Waals surface area contributed by atoms with Crippen LogP contribution in [0.3, 0.4) is 0 Å². The molecule has 1 fully saturated rings. The van der Waals surface area contributed by atoms with E-state index < -0.39 is 0 Å². The van der Waals surface area contributed by atoms with Crippen LogP contribution in [0, 0.1) is 5.92 Å². The molecule has 1 heteroatoms. The third-order valence-electron chi connectivity index (χ3n) is 7.31. The fraction of sp³-hybridized carbons (Fsp3) is 0.586. The van der Waals surface area contributed by atoms with Crippen LogP contribution in [0.4, 0.5) is 5.69 Å². The number of hydrogen-bond acceptors (Lipinski definition) is 1. The Hall–Kier alpha value is -1.76. The van der Waals surface area contributed by atoms with Gasteiger partial charge in [-0.1, -0.05) is 95.2 Å². The van der Waals surface area contributed by atoms with E-state index in [1.165, 1.54) is 88.2 Å². The number of nitrogens with two attached hydrogens (primary N) is 1. The van der Waals surface area contributed by atoms with Crippen LogP contribution in [0.5, 0.6) is 0 Å². The normalized spacial score (nSPS) is 20.2. The second kappa shape index (κ2) is 12.2. The topological polar surface area (TPSA) is 26.0 Å². The van der Waals surface area contributed by atoms with E-state index >= 15 is 0 Å². The molecule has 0 spiro atoms. The van der Waals surface area contributed by atoms with E-state index in [9.17, 15) is 0 Å². The van der Waals surface area contributed by atoms with E-state index in [0.29, 0.717) is 5.92 Å². The molecular formula is C29H43N. The van der Waals surface area contributed by atoms with Crippen molar-refractivity contribution < 1.29 is 0 Å². The summed E-state index contributed by atoms with van der Waals surface area (Å²) in [4.78, 5) is 0. The van der Waals surface area contributed by atoms with Crippen LogP contribution in [0.25, 0.3) is 0 Å². The Bertz CT molecular complexity index is 707. The van der Waals surface area contributed by atoms with Crippen LogP contribution in [0.1, 0.15) is 119 Å². The second-order valence-corrected chi connectivity index (χ2v) is 9.60. The number of benzene rings is 2. The molecule has 0 saturated heterocycles. The maximum Gasteiger partial charge on any atom is 0.0314 e. The Labute approximate surface area is 185 Å². The predicted octanol–water partition coefficient (Wildman–Crippen LogP) is 8.84. The standard InChI is InChI=1S/C29H43N/c1-3-5-7-8-10-29(27-19-21-28(30)22-20-27)26-17-15-25(16-18-26)24-13-11-23(12-14-24)9-6-4-2/h15-24,29H,3-14,30H2,1-2H3. The lowest BCUT2D eigenvalue weighted by molar-refractivity contribution is 0.304. The first-order chi connectivity index (χ1) is 14.7. The predicted molar refractivity (Wildman–Crippen MR) is 132 cm³/mol. The Morgan fingerprint density at radius 1 is 0.733 bits per heavy atom. The molecule has 1 nitrogen and oxygen atoms in total. The minimum Gasteiger partial charge on any atom is -0.399 e. The molecule has 0 aromatic heterocycles. The van der Waals surface area contributed by atoms with Gasteiger partial charge < -0.3 is 5.73 Å². The minimum absolute atomic E-state index is 0.487. The van der Waals surface area contributed by atoms with Crippen molar-refractivity contribution >= 4 is 5.69 Å². The summed E-state index contributed by atoms with van der Waals surface area (Å²) >= 11 is 0. The summed E-state index contributed by atoms with van der Waals surface area (Å²) in [5, 5.41) is 0. The van der Waals surface area contributed by atoms with Crippen LogP contribution in [0.2, 0.25) is 0 Å². The number of rotatable bonds is 11. The molecule has 0 aliphatic heterocycles. The third kappa shape index (κ3) is 6.62. The molecule has 2 aromatic rings. The van der Waals surface area contributed by atoms with Crippen molar-refractivity contribution in [3.05, 3.63) is 65.2 Å². The van der Waals surface area contributed by atoms with Crippen LogP contribution in [-0.2, 0) is 0 Å². The van der Waals surface area contributed by atoms with Gasteiger partial charge in [0.05, 0.1) is 0 Å². The molecule has 1 atom stereocenters. The highest BCUT2D eigenvalue weighted by Gasteiger charge is 2.22. The van der Waals surface area contributed by atoms with E-state index in [1.807, 2.05) is 0 Å². The molecule has 2 aromatic carbocycles. The Morgan fingerprint density at radius 2 is 1.33 bits per heavy atom. The van der Waals surface area contributed by atoms with Crippen molar-refractivity contribution in [2.24, 2.45) is 5.92 Å². The van der Waals surface area contributed by atoms with E-state index in [4.69, 9.17) is 5.73 Å². The molecule has 1 saturated carbocycles. The molecule has 1 unspecified atom stereocenters. The molecular weight excluding hydrogens is 362 g/mol. The van der Waals surface area contributed by atoms with E-state index in [-0.39, 0.29) is 0 Å². The Morgan fingerprint density at radius 3 is 1.93 bits per heavy atom. The molecule has 0 amide bonds. The van der Waals surface area contributed by atoms with E-state index in [0.717, 1.165) is 17.5 Å². The highest BCUT2D eigenvalue weighted by molar-refractivity contribution is 5.43. The maximum atomic E-state index is 5.94. The number of unbranched alkanes of at least 4 members (excludes halogenated alkanes) is 4. The summed E-state index contributed by atoms with van der Waals surface area (Å²) in [6.07, 6.45) is 16.3. The van der Waals surface area contributed by atoms with Crippen molar-refractivity contribution in [2.45, 2.75) is 103 Å². The fourth-order valence-electron chi connectivity index (χ4n) is 5.31. The zero-order chi connectivity index (χ0) is 21.2. The van der Waals surface area contributed by atoms with Gasteiger partial charge in [0.25, 0.3) is 0 Å². The quantitative estimate of drug-likeness (QED) is 0.293. The lowest BCUT2D eigenvalue weighted by Crippen LogP contribution is -2.13. The van der Waals surface area contributed by atoms with Gasteiger partial charge in [-0.15, -0.1) is 0 Å². The Balaban J connectivity index is 1.65. The molecule has 30 heavy (non-hydrogen) atoms. The van der Waals surface area contributed by atoms with Gasteiger partial charge in [0.2, 0.25) is 0 Å². The average Bonchev–Trinajstić information content (AvgIpc) is 2.79. The van der Waals surface area contributed by atoms with Crippen LogP contribution >= 0.6 is 0 Å². The molecule has 1 aliphatic carbocycles. The van der Waals surface area contributed by atoms with Gasteiger partial charge in [-0.2, -0.15) is 0 Å². The number of hydrogen-bond donors (Lipinski definition) is 1. The first-order valence-electron chi connectivity index (χ1n) is 12.7. The highest BCUT2D eigenvalue weighted by atomic mass is 14.5. The molecule has 2 N–H and O–H groups in total. The number of nitrogen functional groups attached to an aromatic ring is 1. The minimum atomic E-state index is 0.487. The lowest BCUT2D eigenvalue weighted by Gasteiger charge is -2.29. The molecule has 3 rings (SSSR count). The Kier molecular flexibility index (Phi) is 9.30. The van der Waals surface area contributed by atoms with Gasteiger partial charge >= 0.3 is 0 Å². The first kappa shape index (κ1) is 22.9. The summed E-state index contributed by atoms with van der Waals surface area (Å²) < 4.78 is 0. The molecule has 1 aliphatic rings. The van der Waals surface area contributed by atoms with Gasteiger partial charge in [-0.25, -0.2) is 0 Å². The van der Waals surface area contributed by atoms with Crippen LogP contribution < -0.4 is 5.73 Å². The molecule has 0 bridgehead atoms. The van der Waals surface area contributed by atoms with Crippen molar-refractivity contribution in [3.8, 4) is 0 Å². The van der Waals surface area contributed by atoms with Crippen molar-refractivity contribution in [1.82, 2.24) is 0 Å². The number of anilines is 1. The SMILES string of the molecule is CCCCCCC(c1ccc(N)cc1)c1ccc(C2CCC(CCCC)CC2)cc1. The lowest BCUT2D eigenvalue weighted by atomic mass is 9.76. The average molecular weight is 406 g/mol. The van der Waals surface area contributed by atoms with Gasteiger partial charge in [-0.3, -0.25) is 0 Å². The van der Waals surface area contributed by atoms with E-state index in [2.05, 4.69) is 62.4 Å². The molecule has 164 valence electrons. The fourth-order valence-corrected chi connectivity index (χ4v) is 5.31. The van der Waals surface area contributed by atoms with Gasteiger partial charge in [0, 0.05) is 11.6 Å². The summed E-state index contributed by atoms with van der Waals surface area (Å²) in [6.45, 7) is 4.60. The van der Waals surface area contributed by atoms with Crippen LogP contribution in [-0.4, -0.2) is 0 Å². The molecule has 0 radical (unpaired) electrons. The zero-order valence-electron chi connectivity index (χ0n) is 19.4. The summed E-state index contributed by atoms with van der Waals surface area (Å²) in [6, 6.07) is 18.3. The summed E-state index contributed by atoms with van der Waals surface area (Å²) in [7, 11) is 0. The first-order valence-corrected chi connectivity index (χ1v) is 12.7. The van der Waals surface area contributed by atoms with Crippen molar-refractivity contribution in [2.75, 3.05) is 5.73 Å². The highest BCUT2D eigenvalue weighted by Crippen LogP contribution is 2.38. The molecule has 0 heterocycles. The zero-order valence-corrected chi connectivity index (χ0v) is 19.4. The van der Waals surface area contributed by atoms with Crippen molar-refractivity contribution in [3.63, 3.8) is 0 Å². The van der Waals surface area contributed by atoms with Gasteiger partial charge in [0.1, 0.15) is 0 Å².